The molecule has 1 aliphatic carbocycles. The highest BCUT2D eigenvalue weighted by Gasteiger charge is 2.52. The standard InChI is InChI=1S/C13H14F2N2O2/c14-7-3-6(4-8(15)5-7)13(18)17-11-10(16)9-1-2-19-12(9)11/h3-5,9-12H,1-2,16H2,(H,17,18). The SMILES string of the molecule is NC1C2CCOC2C1NC(=O)c1cc(F)cc(F)c1. The lowest BCUT2D eigenvalue weighted by Gasteiger charge is -2.45. The number of amides is 1. The van der Waals surface area contributed by atoms with Gasteiger partial charge in [0.15, 0.2) is 0 Å². The summed E-state index contributed by atoms with van der Waals surface area (Å²) in [6.07, 6.45) is 0.824. The first-order valence-corrected chi connectivity index (χ1v) is 6.20. The maximum absolute atomic E-state index is 13.0. The van der Waals surface area contributed by atoms with Gasteiger partial charge in [0.2, 0.25) is 0 Å². The molecular formula is C13H14F2N2O2. The van der Waals surface area contributed by atoms with Crippen molar-refractivity contribution in [2.45, 2.75) is 24.6 Å². The number of rotatable bonds is 2. The van der Waals surface area contributed by atoms with Crippen LogP contribution in [-0.4, -0.2) is 30.7 Å². The Kier molecular flexibility index (Phi) is 2.99. The number of benzene rings is 1. The van der Waals surface area contributed by atoms with Crippen LogP contribution < -0.4 is 11.1 Å². The van der Waals surface area contributed by atoms with E-state index >= 15 is 0 Å². The molecule has 1 aromatic carbocycles. The van der Waals surface area contributed by atoms with E-state index in [2.05, 4.69) is 5.32 Å². The van der Waals surface area contributed by atoms with E-state index in [1.807, 2.05) is 0 Å². The quantitative estimate of drug-likeness (QED) is 0.834. The summed E-state index contributed by atoms with van der Waals surface area (Å²) >= 11 is 0. The Bertz CT molecular complexity index is 503. The average Bonchev–Trinajstić information content (AvgIpc) is 2.79. The summed E-state index contributed by atoms with van der Waals surface area (Å²) in [6.45, 7) is 0.643. The summed E-state index contributed by atoms with van der Waals surface area (Å²) in [4.78, 5) is 11.9. The number of fused-ring (bicyclic) bond motifs is 1. The minimum Gasteiger partial charge on any atom is -0.376 e. The van der Waals surface area contributed by atoms with Crippen LogP contribution in [0.15, 0.2) is 18.2 Å². The molecule has 3 N–H and O–H groups in total. The highest BCUT2D eigenvalue weighted by molar-refractivity contribution is 5.94. The lowest BCUT2D eigenvalue weighted by atomic mass is 9.72. The molecule has 1 amide bonds. The fourth-order valence-electron chi connectivity index (χ4n) is 2.85. The molecular weight excluding hydrogens is 254 g/mol. The summed E-state index contributed by atoms with van der Waals surface area (Å²) in [5.74, 6) is -1.82. The van der Waals surface area contributed by atoms with Crippen molar-refractivity contribution in [2.75, 3.05) is 6.61 Å². The van der Waals surface area contributed by atoms with Crippen LogP contribution in [-0.2, 0) is 4.74 Å². The second-order valence-corrected chi connectivity index (χ2v) is 5.02. The van der Waals surface area contributed by atoms with Gasteiger partial charge in [-0.05, 0) is 18.6 Å². The Morgan fingerprint density at radius 2 is 2.00 bits per heavy atom. The van der Waals surface area contributed by atoms with Crippen molar-refractivity contribution in [3.8, 4) is 0 Å². The van der Waals surface area contributed by atoms with Crippen LogP contribution in [0.1, 0.15) is 16.8 Å². The number of hydrogen-bond acceptors (Lipinski definition) is 3. The molecule has 4 unspecified atom stereocenters. The highest BCUT2D eigenvalue weighted by Crippen LogP contribution is 2.37. The molecule has 0 spiro atoms. The molecule has 1 heterocycles. The van der Waals surface area contributed by atoms with E-state index in [0.29, 0.717) is 6.61 Å². The van der Waals surface area contributed by atoms with Crippen molar-refractivity contribution in [3.05, 3.63) is 35.4 Å². The smallest absolute Gasteiger partial charge is 0.251 e. The van der Waals surface area contributed by atoms with Gasteiger partial charge in [-0.25, -0.2) is 8.78 Å². The molecule has 1 saturated carbocycles. The molecule has 6 heteroatoms. The lowest BCUT2D eigenvalue weighted by Crippen LogP contribution is -2.68. The third-order valence-corrected chi connectivity index (χ3v) is 3.87. The second kappa shape index (κ2) is 4.54. The first kappa shape index (κ1) is 12.5. The monoisotopic (exact) mass is 268 g/mol. The normalized spacial score (nSPS) is 32.6. The summed E-state index contributed by atoms with van der Waals surface area (Å²) in [5, 5.41) is 2.69. The Morgan fingerprint density at radius 3 is 2.68 bits per heavy atom. The molecule has 4 nitrogen and oxygen atoms in total. The molecule has 19 heavy (non-hydrogen) atoms. The molecule has 2 aliphatic rings. The van der Waals surface area contributed by atoms with Crippen LogP contribution in [0.25, 0.3) is 0 Å². The molecule has 0 aromatic heterocycles. The van der Waals surface area contributed by atoms with Crippen molar-refractivity contribution >= 4 is 5.91 Å². The van der Waals surface area contributed by atoms with E-state index in [0.717, 1.165) is 24.6 Å². The van der Waals surface area contributed by atoms with E-state index in [1.165, 1.54) is 0 Å². The molecule has 102 valence electrons. The summed E-state index contributed by atoms with van der Waals surface area (Å²) in [5.41, 5.74) is 5.90. The number of halogens is 2. The predicted octanol–water partition coefficient (Wildman–Crippen LogP) is 0.809. The van der Waals surface area contributed by atoms with Crippen LogP contribution in [0.4, 0.5) is 8.78 Å². The molecule has 4 atom stereocenters. The van der Waals surface area contributed by atoms with Gasteiger partial charge >= 0.3 is 0 Å². The zero-order valence-corrected chi connectivity index (χ0v) is 10.1. The Balaban J connectivity index is 1.71. The van der Waals surface area contributed by atoms with Crippen molar-refractivity contribution in [2.24, 2.45) is 11.7 Å². The Morgan fingerprint density at radius 1 is 1.32 bits per heavy atom. The second-order valence-electron chi connectivity index (χ2n) is 5.02. The van der Waals surface area contributed by atoms with Crippen molar-refractivity contribution in [1.29, 1.82) is 0 Å². The van der Waals surface area contributed by atoms with Crippen LogP contribution in [0, 0.1) is 17.6 Å². The Hall–Kier alpha value is -1.53. The summed E-state index contributed by atoms with van der Waals surface area (Å²) in [6, 6.07) is 2.27. The van der Waals surface area contributed by atoms with Gasteiger partial charge in [-0.15, -0.1) is 0 Å². The average molecular weight is 268 g/mol. The topological polar surface area (TPSA) is 64.3 Å². The highest BCUT2D eigenvalue weighted by atomic mass is 19.1. The van der Waals surface area contributed by atoms with Gasteiger partial charge in [-0.2, -0.15) is 0 Å². The van der Waals surface area contributed by atoms with Gasteiger partial charge in [0, 0.05) is 30.2 Å². The van der Waals surface area contributed by atoms with Crippen molar-refractivity contribution in [1.82, 2.24) is 5.32 Å². The maximum atomic E-state index is 13.0. The molecule has 1 aliphatic heterocycles. The molecule has 1 aromatic rings. The van der Waals surface area contributed by atoms with Gasteiger partial charge < -0.3 is 15.8 Å². The van der Waals surface area contributed by atoms with Gasteiger partial charge in [0.1, 0.15) is 11.6 Å². The van der Waals surface area contributed by atoms with Crippen LogP contribution in [0.2, 0.25) is 0 Å². The Labute approximate surface area is 108 Å². The van der Waals surface area contributed by atoms with Gasteiger partial charge in [0.25, 0.3) is 5.91 Å². The van der Waals surface area contributed by atoms with Crippen molar-refractivity contribution < 1.29 is 18.3 Å². The van der Waals surface area contributed by atoms with Gasteiger partial charge in [-0.1, -0.05) is 0 Å². The zero-order chi connectivity index (χ0) is 13.6. The third-order valence-electron chi connectivity index (χ3n) is 3.87. The zero-order valence-electron chi connectivity index (χ0n) is 10.1. The number of carbonyl (C=O) groups is 1. The van der Waals surface area contributed by atoms with Crippen LogP contribution in [0.5, 0.6) is 0 Å². The lowest BCUT2D eigenvalue weighted by molar-refractivity contribution is -0.0161. The number of ether oxygens (including phenoxy) is 1. The predicted molar refractivity (Wildman–Crippen MR) is 63.4 cm³/mol. The minimum absolute atomic E-state index is 0.0499. The largest absolute Gasteiger partial charge is 0.376 e. The number of carbonyl (C=O) groups excluding carboxylic acids is 1. The molecule has 3 rings (SSSR count). The van der Waals surface area contributed by atoms with Gasteiger partial charge in [-0.3, -0.25) is 4.79 Å². The molecule has 0 bridgehead atoms. The third kappa shape index (κ3) is 2.11. The van der Waals surface area contributed by atoms with E-state index in [4.69, 9.17) is 10.5 Å². The number of nitrogens with two attached hydrogens (primary N) is 1. The molecule has 1 saturated heterocycles. The molecule has 0 radical (unpaired) electrons. The fraction of sp³-hybridized carbons (Fsp3) is 0.462. The van der Waals surface area contributed by atoms with Crippen molar-refractivity contribution in [3.63, 3.8) is 0 Å². The van der Waals surface area contributed by atoms with Crippen LogP contribution in [0.3, 0.4) is 0 Å². The fourth-order valence-corrected chi connectivity index (χ4v) is 2.85. The van der Waals surface area contributed by atoms with E-state index in [9.17, 15) is 13.6 Å². The first-order valence-electron chi connectivity index (χ1n) is 6.20. The minimum atomic E-state index is -0.780. The summed E-state index contributed by atoms with van der Waals surface area (Å²) < 4.78 is 31.6. The number of nitrogens with one attached hydrogen (secondary N) is 1. The first-order chi connectivity index (χ1) is 9.06. The molecule has 2 fully saturated rings. The van der Waals surface area contributed by atoms with Crippen LogP contribution >= 0.6 is 0 Å². The van der Waals surface area contributed by atoms with E-state index in [-0.39, 0.29) is 29.7 Å². The van der Waals surface area contributed by atoms with E-state index < -0.39 is 17.5 Å². The maximum Gasteiger partial charge on any atom is 0.251 e. The van der Waals surface area contributed by atoms with E-state index in [1.54, 1.807) is 0 Å². The number of hydrogen-bond donors (Lipinski definition) is 2. The summed E-state index contributed by atoms with van der Waals surface area (Å²) in [7, 11) is 0. The van der Waals surface area contributed by atoms with Gasteiger partial charge in [0.05, 0.1) is 12.1 Å².